The first-order valence-corrected chi connectivity index (χ1v) is 10.7. The lowest BCUT2D eigenvalue weighted by molar-refractivity contribution is -0.113. The van der Waals surface area contributed by atoms with Crippen molar-refractivity contribution in [1.29, 1.82) is 0 Å². The molecule has 0 spiro atoms. The third kappa shape index (κ3) is 6.26. The molecular weight excluding hydrogens is 452 g/mol. The molecule has 0 atom stereocenters. The van der Waals surface area contributed by atoms with E-state index in [1.807, 2.05) is 0 Å². The van der Waals surface area contributed by atoms with E-state index < -0.39 is 5.97 Å². The molecule has 0 aliphatic rings. The van der Waals surface area contributed by atoms with Crippen LogP contribution in [0.2, 0.25) is 5.02 Å². The zero-order valence-electron chi connectivity index (χ0n) is 16.9. The highest BCUT2D eigenvalue weighted by Crippen LogP contribution is 2.23. The summed E-state index contributed by atoms with van der Waals surface area (Å²) in [6.07, 6.45) is 0. The van der Waals surface area contributed by atoms with E-state index >= 15 is 0 Å². The van der Waals surface area contributed by atoms with Gasteiger partial charge in [0, 0.05) is 21.8 Å². The monoisotopic (exact) mass is 470 g/mol. The van der Waals surface area contributed by atoms with E-state index in [1.165, 1.54) is 30.0 Å². The molecular formula is C23H19ClN2O5S. The standard InChI is InChI=1S/C23H19ClN2O5S/c1-31-17-7-2-14(3-8-17)22(28)26-15-4-9-18(10-5-15)32-13-21(27)25-16-6-11-20(24)19(12-16)23(29)30/h2-12H,13H2,1H3,(H,25,27)(H,26,28)(H,29,30). The molecule has 7 nitrogen and oxygen atoms in total. The predicted molar refractivity (Wildman–Crippen MR) is 125 cm³/mol. The van der Waals surface area contributed by atoms with Crippen molar-refractivity contribution in [3.63, 3.8) is 0 Å². The van der Waals surface area contributed by atoms with Crippen LogP contribution in [0.3, 0.4) is 0 Å². The summed E-state index contributed by atoms with van der Waals surface area (Å²) in [5.74, 6) is -0.894. The SMILES string of the molecule is COc1ccc(C(=O)Nc2ccc(SCC(=O)Nc3ccc(Cl)c(C(=O)O)c3)cc2)cc1. The van der Waals surface area contributed by atoms with Gasteiger partial charge in [-0.25, -0.2) is 4.79 Å². The van der Waals surface area contributed by atoms with Crippen LogP contribution in [0.4, 0.5) is 11.4 Å². The minimum absolute atomic E-state index is 0.0793. The van der Waals surface area contributed by atoms with Gasteiger partial charge in [0.2, 0.25) is 5.91 Å². The number of benzene rings is 3. The number of aromatic carboxylic acids is 1. The molecule has 0 unspecified atom stereocenters. The second kappa shape index (κ2) is 10.7. The summed E-state index contributed by atoms with van der Waals surface area (Å²) in [6.45, 7) is 0. The number of carboxylic acid groups (broad SMARTS) is 1. The van der Waals surface area contributed by atoms with Crippen LogP contribution in [0.25, 0.3) is 0 Å². The van der Waals surface area contributed by atoms with Crippen LogP contribution < -0.4 is 15.4 Å². The van der Waals surface area contributed by atoms with E-state index in [0.717, 1.165) is 4.90 Å². The molecule has 0 saturated carbocycles. The Bertz CT molecular complexity index is 1130. The minimum Gasteiger partial charge on any atom is -0.497 e. The van der Waals surface area contributed by atoms with Crippen LogP contribution in [-0.4, -0.2) is 35.8 Å². The molecule has 164 valence electrons. The Morgan fingerprint density at radius 2 is 1.59 bits per heavy atom. The van der Waals surface area contributed by atoms with Gasteiger partial charge in [0.05, 0.1) is 23.4 Å². The van der Waals surface area contributed by atoms with Crippen LogP contribution in [0.1, 0.15) is 20.7 Å². The molecule has 0 bridgehead atoms. The maximum Gasteiger partial charge on any atom is 0.337 e. The van der Waals surface area contributed by atoms with Crippen LogP contribution in [0, 0.1) is 0 Å². The summed E-state index contributed by atoms with van der Waals surface area (Å²) < 4.78 is 5.08. The Labute approximate surface area is 193 Å². The summed E-state index contributed by atoms with van der Waals surface area (Å²) in [5.41, 5.74) is 1.41. The van der Waals surface area contributed by atoms with Gasteiger partial charge in [-0.3, -0.25) is 9.59 Å². The molecule has 0 heterocycles. The minimum atomic E-state index is -1.17. The van der Waals surface area contributed by atoms with Crippen molar-refractivity contribution in [3.8, 4) is 5.75 Å². The summed E-state index contributed by atoms with van der Waals surface area (Å²) in [7, 11) is 1.56. The Balaban J connectivity index is 1.52. The van der Waals surface area contributed by atoms with Gasteiger partial charge >= 0.3 is 5.97 Å². The zero-order chi connectivity index (χ0) is 23.1. The van der Waals surface area contributed by atoms with Gasteiger partial charge in [-0.1, -0.05) is 11.6 Å². The normalized spacial score (nSPS) is 10.3. The fraction of sp³-hybridized carbons (Fsp3) is 0.0870. The van der Waals surface area contributed by atoms with Crippen molar-refractivity contribution in [2.24, 2.45) is 0 Å². The number of nitrogens with one attached hydrogen (secondary N) is 2. The molecule has 0 aromatic heterocycles. The highest BCUT2D eigenvalue weighted by atomic mass is 35.5. The Morgan fingerprint density at radius 3 is 2.22 bits per heavy atom. The molecule has 3 aromatic carbocycles. The number of anilines is 2. The van der Waals surface area contributed by atoms with E-state index in [0.29, 0.717) is 22.7 Å². The number of hydrogen-bond acceptors (Lipinski definition) is 5. The van der Waals surface area contributed by atoms with Crippen LogP contribution >= 0.6 is 23.4 Å². The smallest absolute Gasteiger partial charge is 0.337 e. The predicted octanol–water partition coefficient (Wildman–Crippen LogP) is 5.03. The topological polar surface area (TPSA) is 105 Å². The molecule has 32 heavy (non-hydrogen) atoms. The average molecular weight is 471 g/mol. The summed E-state index contributed by atoms with van der Waals surface area (Å²) in [4.78, 5) is 36.5. The molecule has 0 aliphatic carbocycles. The Hall–Kier alpha value is -3.49. The van der Waals surface area contributed by atoms with Crippen molar-refractivity contribution in [2.75, 3.05) is 23.5 Å². The maximum atomic E-state index is 12.3. The van der Waals surface area contributed by atoms with E-state index in [2.05, 4.69) is 10.6 Å². The number of carboxylic acids is 1. The second-order valence-electron chi connectivity index (χ2n) is 6.54. The number of ether oxygens (including phenoxy) is 1. The summed E-state index contributed by atoms with van der Waals surface area (Å²) in [5, 5.41) is 14.7. The summed E-state index contributed by atoms with van der Waals surface area (Å²) >= 11 is 7.14. The van der Waals surface area contributed by atoms with Gasteiger partial charge in [-0.05, 0) is 66.7 Å². The lowest BCUT2D eigenvalue weighted by Crippen LogP contribution is -2.14. The van der Waals surface area contributed by atoms with Gasteiger partial charge in [0.1, 0.15) is 5.75 Å². The first kappa shape index (κ1) is 23.2. The Morgan fingerprint density at radius 1 is 0.938 bits per heavy atom. The fourth-order valence-electron chi connectivity index (χ4n) is 2.69. The van der Waals surface area contributed by atoms with E-state index in [1.54, 1.807) is 55.6 Å². The summed E-state index contributed by atoms with van der Waals surface area (Å²) in [6, 6.07) is 18.2. The van der Waals surface area contributed by atoms with Gasteiger partial charge in [0.15, 0.2) is 0 Å². The molecule has 3 aromatic rings. The lowest BCUT2D eigenvalue weighted by Gasteiger charge is -2.08. The van der Waals surface area contributed by atoms with Gasteiger partial charge in [0.25, 0.3) is 5.91 Å². The first-order chi connectivity index (χ1) is 15.4. The van der Waals surface area contributed by atoms with Crippen LogP contribution in [-0.2, 0) is 4.79 Å². The van der Waals surface area contributed by atoms with E-state index in [-0.39, 0.29) is 28.2 Å². The van der Waals surface area contributed by atoms with Crippen molar-refractivity contribution in [1.82, 2.24) is 0 Å². The van der Waals surface area contributed by atoms with E-state index in [9.17, 15) is 14.4 Å². The average Bonchev–Trinajstić information content (AvgIpc) is 2.79. The number of carbonyl (C=O) groups excluding carboxylic acids is 2. The largest absolute Gasteiger partial charge is 0.497 e. The number of methoxy groups -OCH3 is 1. The molecule has 0 saturated heterocycles. The molecule has 2 amide bonds. The number of carbonyl (C=O) groups is 3. The van der Waals surface area contributed by atoms with Crippen molar-refractivity contribution in [2.45, 2.75) is 4.90 Å². The lowest BCUT2D eigenvalue weighted by atomic mass is 10.2. The van der Waals surface area contributed by atoms with Gasteiger partial charge < -0.3 is 20.5 Å². The van der Waals surface area contributed by atoms with Crippen LogP contribution in [0.15, 0.2) is 71.6 Å². The molecule has 3 rings (SSSR count). The van der Waals surface area contributed by atoms with Crippen molar-refractivity contribution in [3.05, 3.63) is 82.9 Å². The van der Waals surface area contributed by atoms with Gasteiger partial charge in [-0.15, -0.1) is 11.8 Å². The number of rotatable bonds is 8. The number of halogens is 1. The Kier molecular flexibility index (Phi) is 7.75. The van der Waals surface area contributed by atoms with Crippen molar-refractivity contribution < 1.29 is 24.2 Å². The molecule has 9 heteroatoms. The first-order valence-electron chi connectivity index (χ1n) is 9.36. The molecule has 0 aliphatic heterocycles. The van der Waals surface area contributed by atoms with E-state index in [4.69, 9.17) is 21.4 Å². The number of hydrogen-bond donors (Lipinski definition) is 3. The third-order valence-electron chi connectivity index (χ3n) is 4.31. The molecule has 3 N–H and O–H groups in total. The maximum absolute atomic E-state index is 12.3. The highest BCUT2D eigenvalue weighted by molar-refractivity contribution is 8.00. The third-order valence-corrected chi connectivity index (χ3v) is 5.66. The highest BCUT2D eigenvalue weighted by Gasteiger charge is 2.11. The quantitative estimate of drug-likeness (QED) is 0.399. The number of amides is 2. The van der Waals surface area contributed by atoms with Crippen LogP contribution in [0.5, 0.6) is 5.75 Å². The van der Waals surface area contributed by atoms with Gasteiger partial charge in [-0.2, -0.15) is 0 Å². The number of thioether (sulfide) groups is 1. The van der Waals surface area contributed by atoms with Crippen molar-refractivity contribution >= 4 is 52.5 Å². The second-order valence-corrected chi connectivity index (χ2v) is 8.00. The molecule has 0 radical (unpaired) electrons. The molecule has 0 fully saturated rings. The fourth-order valence-corrected chi connectivity index (χ4v) is 3.59. The zero-order valence-corrected chi connectivity index (χ0v) is 18.5.